The summed E-state index contributed by atoms with van der Waals surface area (Å²) in [6.45, 7) is 2.33. The molecule has 1 rings (SSSR count). The molecule has 0 amide bonds. The van der Waals surface area contributed by atoms with E-state index in [1.807, 2.05) is 6.07 Å². The SMILES string of the molecule is C/C(=C\CCc1ccccc1)CCO. The number of aliphatic hydroxyl groups is 1. The molecule has 1 heteroatoms. The fourth-order valence-electron chi connectivity index (χ4n) is 1.41. The van der Waals surface area contributed by atoms with Crippen molar-refractivity contribution in [2.24, 2.45) is 0 Å². The maximum Gasteiger partial charge on any atom is 0.0468 e. The summed E-state index contributed by atoms with van der Waals surface area (Å²) < 4.78 is 0. The van der Waals surface area contributed by atoms with Gasteiger partial charge in [0.1, 0.15) is 0 Å². The highest BCUT2D eigenvalue weighted by Gasteiger charge is 1.90. The molecule has 1 aromatic carbocycles. The quantitative estimate of drug-likeness (QED) is 0.708. The second-order valence-corrected chi connectivity index (χ2v) is 3.55. The minimum absolute atomic E-state index is 0.258. The molecular formula is C13H18O. The molecule has 14 heavy (non-hydrogen) atoms. The molecule has 1 aromatic rings. The summed E-state index contributed by atoms with van der Waals surface area (Å²) in [6.07, 6.45) is 5.16. The molecule has 76 valence electrons. The highest BCUT2D eigenvalue weighted by Crippen LogP contribution is 2.06. The summed E-state index contributed by atoms with van der Waals surface area (Å²) in [5.41, 5.74) is 2.66. The van der Waals surface area contributed by atoms with Crippen LogP contribution in [0.4, 0.5) is 0 Å². The normalized spacial score (nSPS) is 11.7. The molecule has 0 unspecified atom stereocenters. The van der Waals surface area contributed by atoms with Gasteiger partial charge in [-0.2, -0.15) is 0 Å². The molecule has 0 aliphatic rings. The van der Waals surface area contributed by atoms with Crippen LogP contribution >= 0.6 is 0 Å². The van der Waals surface area contributed by atoms with Crippen molar-refractivity contribution in [1.82, 2.24) is 0 Å². The van der Waals surface area contributed by atoms with Crippen LogP contribution in [-0.2, 0) is 6.42 Å². The molecule has 0 aliphatic carbocycles. The van der Waals surface area contributed by atoms with Crippen molar-refractivity contribution in [3.05, 3.63) is 47.5 Å². The van der Waals surface area contributed by atoms with Gasteiger partial charge in [0, 0.05) is 6.61 Å². The first kappa shape index (κ1) is 11.0. The van der Waals surface area contributed by atoms with Gasteiger partial charge >= 0.3 is 0 Å². The summed E-state index contributed by atoms with van der Waals surface area (Å²) >= 11 is 0. The topological polar surface area (TPSA) is 20.2 Å². The first-order chi connectivity index (χ1) is 6.83. The summed E-state index contributed by atoms with van der Waals surface area (Å²) in [4.78, 5) is 0. The molecule has 0 aromatic heterocycles. The molecule has 0 saturated heterocycles. The lowest BCUT2D eigenvalue weighted by atomic mass is 10.1. The van der Waals surface area contributed by atoms with Gasteiger partial charge in [0.05, 0.1) is 0 Å². The van der Waals surface area contributed by atoms with Gasteiger partial charge in [-0.15, -0.1) is 0 Å². The van der Waals surface area contributed by atoms with Crippen LogP contribution in [0.5, 0.6) is 0 Å². The lowest BCUT2D eigenvalue weighted by Crippen LogP contribution is -1.86. The maximum atomic E-state index is 8.71. The average molecular weight is 190 g/mol. The van der Waals surface area contributed by atoms with Crippen molar-refractivity contribution in [2.75, 3.05) is 6.61 Å². The van der Waals surface area contributed by atoms with Crippen molar-refractivity contribution in [1.29, 1.82) is 0 Å². The molecule has 0 fully saturated rings. The number of hydrogen-bond donors (Lipinski definition) is 1. The number of benzene rings is 1. The molecule has 1 nitrogen and oxygen atoms in total. The van der Waals surface area contributed by atoms with E-state index in [1.54, 1.807) is 0 Å². The van der Waals surface area contributed by atoms with Gasteiger partial charge in [-0.25, -0.2) is 0 Å². The third-order valence-corrected chi connectivity index (χ3v) is 2.27. The van der Waals surface area contributed by atoms with Crippen molar-refractivity contribution < 1.29 is 5.11 Å². The third kappa shape index (κ3) is 4.24. The van der Waals surface area contributed by atoms with E-state index >= 15 is 0 Å². The van der Waals surface area contributed by atoms with Crippen LogP contribution in [0.2, 0.25) is 0 Å². The third-order valence-electron chi connectivity index (χ3n) is 2.27. The van der Waals surface area contributed by atoms with Crippen LogP contribution in [-0.4, -0.2) is 11.7 Å². The summed E-state index contributed by atoms with van der Waals surface area (Å²) in [5.74, 6) is 0. The highest BCUT2D eigenvalue weighted by molar-refractivity contribution is 5.15. The molecule has 0 heterocycles. The van der Waals surface area contributed by atoms with Crippen LogP contribution in [0, 0.1) is 0 Å². The molecular weight excluding hydrogens is 172 g/mol. The molecule has 0 bridgehead atoms. The second-order valence-electron chi connectivity index (χ2n) is 3.55. The summed E-state index contributed by atoms with van der Waals surface area (Å²) in [6, 6.07) is 10.5. The Labute approximate surface area is 86.1 Å². The molecule has 0 aliphatic heterocycles. The van der Waals surface area contributed by atoms with Crippen molar-refractivity contribution in [2.45, 2.75) is 26.2 Å². The molecule has 0 saturated carbocycles. The van der Waals surface area contributed by atoms with E-state index in [4.69, 9.17) is 5.11 Å². The molecule has 1 N–H and O–H groups in total. The van der Waals surface area contributed by atoms with E-state index in [0.29, 0.717) is 0 Å². The van der Waals surface area contributed by atoms with E-state index in [1.165, 1.54) is 11.1 Å². The van der Waals surface area contributed by atoms with Gasteiger partial charge in [-0.3, -0.25) is 0 Å². The Morgan fingerprint density at radius 2 is 2.00 bits per heavy atom. The fraction of sp³-hybridized carbons (Fsp3) is 0.385. The minimum Gasteiger partial charge on any atom is -0.396 e. The van der Waals surface area contributed by atoms with Gasteiger partial charge in [-0.1, -0.05) is 42.0 Å². The number of hydrogen-bond acceptors (Lipinski definition) is 1. The molecule has 0 radical (unpaired) electrons. The van der Waals surface area contributed by atoms with E-state index in [9.17, 15) is 0 Å². The van der Waals surface area contributed by atoms with Gasteiger partial charge in [-0.05, 0) is 31.7 Å². The van der Waals surface area contributed by atoms with E-state index in [2.05, 4.69) is 37.3 Å². The van der Waals surface area contributed by atoms with Crippen LogP contribution in [0.3, 0.4) is 0 Å². The Kier molecular flexibility index (Phi) is 5.02. The van der Waals surface area contributed by atoms with Gasteiger partial charge in [0.15, 0.2) is 0 Å². The molecule has 0 atom stereocenters. The van der Waals surface area contributed by atoms with E-state index in [0.717, 1.165) is 19.3 Å². The summed E-state index contributed by atoms with van der Waals surface area (Å²) in [7, 11) is 0. The van der Waals surface area contributed by atoms with Crippen LogP contribution in [0.1, 0.15) is 25.3 Å². The average Bonchev–Trinajstić information content (AvgIpc) is 2.20. The number of allylic oxidation sites excluding steroid dienone is 1. The predicted molar refractivity (Wildman–Crippen MR) is 60.2 cm³/mol. The van der Waals surface area contributed by atoms with Gasteiger partial charge in [0.2, 0.25) is 0 Å². The lowest BCUT2D eigenvalue weighted by Gasteiger charge is -1.99. The fourth-order valence-corrected chi connectivity index (χ4v) is 1.41. The first-order valence-corrected chi connectivity index (χ1v) is 5.13. The van der Waals surface area contributed by atoms with E-state index in [-0.39, 0.29) is 6.61 Å². The molecule has 0 spiro atoms. The Hall–Kier alpha value is -1.08. The second kappa shape index (κ2) is 6.39. The Balaban J connectivity index is 2.31. The van der Waals surface area contributed by atoms with Crippen LogP contribution in [0.15, 0.2) is 42.0 Å². The lowest BCUT2D eigenvalue weighted by molar-refractivity contribution is 0.299. The van der Waals surface area contributed by atoms with Crippen LogP contribution < -0.4 is 0 Å². The Bertz CT molecular complexity index is 275. The first-order valence-electron chi connectivity index (χ1n) is 5.13. The van der Waals surface area contributed by atoms with Crippen molar-refractivity contribution in [3.8, 4) is 0 Å². The van der Waals surface area contributed by atoms with E-state index < -0.39 is 0 Å². The number of aliphatic hydroxyl groups excluding tert-OH is 1. The standard InChI is InChI=1S/C13H18O/c1-12(10-11-14)6-5-9-13-7-3-2-4-8-13/h2-4,6-8,14H,5,9-11H2,1H3/b12-6+. The van der Waals surface area contributed by atoms with Gasteiger partial charge in [0.25, 0.3) is 0 Å². The maximum absolute atomic E-state index is 8.71. The van der Waals surface area contributed by atoms with Crippen molar-refractivity contribution in [3.63, 3.8) is 0 Å². The zero-order chi connectivity index (χ0) is 10.2. The minimum atomic E-state index is 0.258. The van der Waals surface area contributed by atoms with Crippen LogP contribution in [0.25, 0.3) is 0 Å². The predicted octanol–water partition coefficient (Wildman–Crippen LogP) is 2.95. The zero-order valence-electron chi connectivity index (χ0n) is 8.74. The largest absolute Gasteiger partial charge is 0.396 e. The number of aryl methyl sites for hydroxylation is 1. The van der Waals surface area contributed by atoms with Gasteiger partial charge < -0.3 is 5.11 Å². The highest BCUT2D eigenvalue weighted by atomic mass is 16.2. The Morgan fingerprint density at radius 3 is 2.64 bits per heavy atom. The summed E-state index contributed by atoms with van der Waals surface area (Å²) in [5, 5.41) is 8.71. The van der Waals surface area contributed by atoms with Crippen molar-refractivity contribution >= 4 is 0 Å². The smallest absolute Gasteiger partial charge is 0.0468 e. The monoisotopic (exact) mass is 190 g/mol. The number of rotatable bonds is 5. The zero-order valence-corrected chi connectivity index (χ0v) is 8.74. The Morgan fingerprint density at radius 1 is 1.29 bits per heavy atom.